The summed E-state index contributed by atoms with van der Waals surface area (Å²) >= 11 is 2.23. The van der Waals surface area contributed by atoms with Gasteiger partial charge in [-0.1, -0.05) is 0 Å². The lowest BCUT2D eigenvalue weighted by atomic mass is 9.75. The molecule has 19 heavy (non-hydrogen) atoms. The van der Waals surface area contributed by atoms with Gasteiger partial charge in [0.05, 0.1) is 19.3 Å². The maximum atomic E-state index is 11.4. The zero-order valence-electron chi connectivity index (χ0n) is 10.2. The molecule has 2 heterocycles. The predicted octanol–water partition coefficient (Wildman–Crippen LogP) is 0.847. The Morgan fingerprint density at radius 3 is 2.84 bits per heavy atom. The molecule has 0 bridgehead atoms. The maximum Gasteiger partial charge on any atom is 0.192 e. The number of aliphatic hydroxyl groups excluding tert-OH is 1. The van der Waals surface area contributed by atoms with E-state index < -0.39 is 12.1 Å². The van der Waals surface area contributed by atoms with E-state index >= 15 is 0 Å². The molecular weight excluding hydrogens is 363 g/mol. The molecule has 6 atom stereocenters. The number of carbonyl (C=O) groups is 1. The first kappa shape index (κ1) is 12.7. The molecule has 6 heteroatoms. The molecule has 0 aromatic rings. The van der Waals surface area contributed by atoms with Crippen LogP contribution in [0.2, 0.25) is 0 Å². The number of halogens is 1. The summed E-state index contributed by atoms with van der Waals surface area (Å²) in [5.41, 5.74) is 0. The van der Waals surface area contributed by atoms with Crippen molar-refractivity contribution in [2.24, 2.45) is 23.7 Å². The van der Waals surface area contributed by atoms with Gasteiger partial charge < -0.3 is 24.1 Å². The molecule has 2 aliphatic carbocycles. The Morgan fingerprint density at radius 2 is 2.16 bits per heavy atom. The van der Waals surface area contributed by atoms with Crippen LogP contribution in [0.3, 0.4) is 0 Å². The van der Waals surface area contributed by atoms with Crippen LogP contribution in [-0.2, 0) is 19.0 Å². The third-order valence-electron chi connectivity index (χ3n) is 4.91. The van der Waals surface area contributed by atoms with E-state index in [-0.39, 0.29) is 29.8 Å². The smallest absolute Gasteiger partial charge is 0.192 e. The SMILES string of the molecule is O=C[C@@H]1C[C@@H]2[C@@H]3[C@H]1C1(C=C(I)[C@@H]3O[C@H]2O)OCCO1. The van der Waals surface area contributed by atoms with Crippen molar-refractivity contribution in [2.45, 2.75) is 24.6 Å². The fourth-order valence-corrected chi connectivity index (χ4v) is 5.27. The topological polar surface area (TPSA) is 65.0 Å². The van der Waals surface area contributed by atoms with Crippen molar-refractivity contribution in [1.82, 2.24) is 0 Å². The van der Waals surface area contributed by atoms with Gasteiger partial charge in [-0.15, -0.1) is 0 Å². The second kappa shape index (κ2) is 4.24. The summed E-state index contributed by atoms with van der Waals surface area (Å²) in [5, 5.41) is 10.1. The van der Waals surface area contributed by atoms with Crippen LogP contribution in [0.25, 0.3) is 0 Å². The van der Waals surface area contributed by atoms with Gasteiger partial charge in [-0.25, -0.2) is 0 Å². The van der Waals surface area contributed by atoms with Gasteiger partial charge in [-0.05, 0) is 35.1 Å². The summed E-state index contributed by atoms with van der Waals surface area (Å²) in [6, 6.07) is 0. The number of aliphatic hydroxyl groups is 1. The van der Waals surface area contributed by atoms with Gasteiger partial charge in [0.15, 0.2) is 12.1 Å². The van der Waals surface area contributed by atoms with E-state index in [1.165, 1.54) is 0 Å². The van der Waals surface area contributed by atoms with Crippen LogP contribution in [0.1, 0.15) is 6.42 Å². The van der Waals surface area contributed by atoms with Crippen molar-refractivity contribution in [1.29, 1.82) is 0 Å². The van der Waals surface area contributed by atoms with Crippen molar-refractivity contribution < 1.29 is 24.1 Å². The maximum absolute atomic E-state index is 11.4. The Balaban J connectivity index is 1.83. The first-order valence-corrected chi connectivity index (χ1v) is 7.69. The van der Waals surface area contributed by atoms with E-state index in [1.807, 2.05) is 6.08 Å². The number of hydrogen-bond donors (Lipinski definition) is 1. The minimum atomic E-state index is -0.786. The average molecular weight is 378 g/mol. The predicted molar refractivity (Wildman–Crippen MR) is 72.3 cm³/mol. The second-order valence-corrected chi connectivity index (χ2v) is 6.94. The summed E-state index contributed by atoms with van der Waals surface area (Å²) in [6.07, 6.45) is 2.70. The minimum absolute atomic E-state index is 0.00772. The molecule has 0 amide bonds. The second-order valence-electron chi connectivity index (χ2n) is 5.70. The lowest BCUT2D eigenvalue weighted by molar-refractivity contribution is -0.188. The molecule has 5 nitrogen and oxygen atoms in total. The number of ether oxygens (including phenoxy) is 3. The van der Waals surface area contributed by atoms with Crippen molar-refractivity contribution >= 4 is 28.9 Å². The van der Waals surface area contributed by atoms with Crippen LogP contribution in [0.5, 0.6) is 0 Å². The standard InChI is InChI=1S/C13H15IO5/c14-8-4-13(17-1-2-18-13)10-6(5-15)3-7-9(10)11(8)19-12(7)16/h4-7,9-12,16H,1-3H2/t6-,7+,9+,10-,11-,12+/m0/s1. The normalized spacial score (nSPS) is 50.3. The molecule has 0 aromatic carbocycles. The lowest BCUT2D eigenvalue weighted by Crippen LogP contribution is -2.49. The van der Waals surface area contributed by atoms with Crippen LogP contribution >= 0.6 is 22.6 Å². The largest absolute Gasteiger partial charge is 0.368 e. The third-order valence-corrected chi connectivity index (χ3v) is 5.83. The van der Waals surface area contributed by atoms with E-state index in [9.17, 15) is 9.90 Å². The summed E-state index contributed by atoms with van der Waals surface area (Å²) in [5.74, 6) is -0.840. The summed E-state index contributed by atoms with van der Waals surface area (Å²) in [4.78, 5) is 11.4. The van der Waals surface area contributed by atoms with Crippen LogP contribution in [-0.4, -0.2) is 42.8 Å². The number of carbonyl (C=O) groups excluding carboxylic acids is 1. The summed E-state index contributed by atoms with van der Waals surface area (Å²) in [6.45, 7) is 1.10. The van der Waals surface area contributed by atoms with Crippen molar-refractivity contribution in [2.75, 3.05) is 13.2 Å². The first-order chi connectivity index (χ1) is 9.16. The van der Waals surface area contributed by atoms with Crippen molar-refractivity contribution in [3.63, 3.8) is 0 Å². The van der Waals surface area contributed by atoms with Gasteiger partial charge in [-0.2, -0.15) is 0 Å². The van der Waals surface area contributed by atoms with Gasteiger partial charge in [0, 0.05) is 27.3 Å². The summed E-state index contributed by atoms with van der Waals surface area (Å²) in [7, 11) is 0. The molecule has 2 saturated heterocycles. The molecule has 1 spiro atoms. The molecular formula is C13H15IO5. The van der Waals surface area contributed by atoms with Crippen LogP contribution < -0.4 is 0 Å². The lowest BCUT2D eigenvalue weighted by Gasteiger charge is -2.41. The highest BCUT2D eigenvalue weighted by molar-refractivity contribution is 14.1. The van der Waals surface area contributed by atoms with E-state index in [1.54, 1.807) is 0 Å². The van der Waals surface area contributed by atoms with E-state index in [0.717, 1.165) is 9.87 Å². The van der Waals surface area contributed by atoms with Crippen LogP contribution in [0.15, 0.2) is 9.66 Å². The monoisotopic (exact) mass is 378 g/mol. The fourth-order valence-electron chi connectivity index (χ4n) is 4.28. The van der Waals surface area contributed by atoms with Gasteiger partial charge in [-0.3, -0.25) is 0 Å². The van der Waals surface area contributed by atoms with Gasteiger partial charge in [0.25, 0.3) is 0 Å². The van der Waals surface area contributed by atoms with E-state index in [4.69, 9.17) is 14.2 Å². The molecule has 3 fully saturated rings. The average Bonchev–Trinajstić information content (AvgIpc) is 3.04. The molecule has 4 rings (SSSR count). The number of hydrogen-bond acceptors (Lipinski definition) is 5. The van der Waals surface area contributed by atoms with Gasteiger partial charge >= 0.3 is 0 Å². The molecule has 0 aromatic heterocycles. The highest BCUT2D eigenvalue weighted by atomic mass is 127. The van der Waals surface area contributed by atoms with E-state index in [0.29, 0.717) is 19.6 Å². The van der Waals surface area contributed by atoms with E-state index in [2.05, 4.69) is 22.6 Å². The Kier molecular flexibility index (Phi) is 2.83. The minimum Gasteiger partial charge on any atom is -0.368 e. The zero-order chi connectivity index (χ0) is 13.2. The number of rotatable bonds is 1. The van der Waals surface area contributed by atoms with Crippen molar-refractivity contribution in [3.8, 4) is 0 Å². The number of aldehydes is 1. The molecule has 1 N–H and O–H groups in total. The molecule has 2 aliphatic heterocycles. The highest BCUT2D eigenvalue weighted by Gasteiger charge is 2.65. The van der Waals surface area contributed by atoms with Crippen LogP contribution in [0.4, 0.5) is 0 Å². The Labute approximate surface area is 124 Å². The van der Waals surface area contributed by atoms with Gasteiger partial charge in [0.2, 0.25) is 0 Å². The Hall–Kier alpha value is -0.0200. The Bertz CT molecular complexity index is 444. The molecule has 1 saturated carbocycles. The highest BCUT2D eigenvalue weighted by Crippen LogP contribution is 2.60. The molecule has 4 aliphatic rings. The molecule has 0 unspecified atom stereocenters. The fraction of sp³-hybridized carbons (Fsp3) is 0.769. The zero-order valence-corrected chi connectivity index (χ0v) is 12.4. The quantitative estimate of drug-likeness (QED) is 0.542. The van der Waals surface area contributed by atoms with Gasteiger partial charge in [0.1, 0.15) is 6.29 Å². The van der Waals surface area contributed by atoms with Crippen LogP contribution in [0, 0.1) is 23.7 Å². The summed E-state index contributed by atoms with van der Waals surface area (Å²) < 4.78 is 18.4. The first-order valence-electron chi connectivity index (χ1n) is 6.61. The van der Waals surface area contributed by atoms with Crippen molar-refractivity contribution in [3.05, 3.63) is 9.66 Å². The molecule has 0 radical (unpaired) electrons. The Morgan fingerprint density at radius 1 is 1.42 bits per heavy atom. The third kappa shape index (κ3) is 1.58. The molecule has 104 valence electrons. The number of fused-ring (bicyclic) bond motifs is 1.